The van der Waals surface area contributed by atoms with Gasteiger partial charge in [-0.25, -0.2) is 0 Å². The molecule has 8 nitrogen and oxygen atoms in total. The van der Waals surface area contributed by atoms with E-state index in [1.165, 1.54) is 39.8 Å². The normalized spacial score (nSPS) is 10.1. The number of carbonyl (C=O) groups is 4. The minimum Gasteiger partial charge on any atom is -0.423 e. The minimum absolute atomic E-state index is 0.113. The predicted molar refractivity (Wildman–Crippen MR) is 101 cm³/mol. The van der Waals surface area contributed by atoms with E-state index in [0.717, 1.165) is 11.1 Å². The summed E-state index contributed by atoms with van der Waals surface area (Å²) in [6.07, 6.45) is 0.378. The van der Waals surface area contributed by atoms with Crippen molar-refractivity contribution in [3.8, 4) is 23.0 Å². The fraction of sp³-hybridized carbons (Fsp3) is 0.238. The van der Waals surface area contributed by atoms with Crippen LogP contribution in [0.5, 0.6) is 23.0 Å². The number of hydrogen-bond donors (Lipinski definition) is 0. The number of esters is 4. The quantitative estimate of drug-likeness (QED) is 0.538. The molecule has 0 aromatic heterocycles. The van der Waals surface area contributed by atoms with Gasteiger partial charge in [0.25, 0.3) is 0 Å². The molecule has 0 saturated heterocycles. The molecule has 0 aliphatic carbocycles. The van der Waals surface area contributed by atoms with Gasteiger partial charge in [0.2, 0.25) is 0 Å². The van der Waals surface area contributed by atoms with Gasteiger partial charge in [-0.15, -0.1) is 0 Å². The summed E-state index contributed by atoms with van der Waals surface area (Å²) in [5, 5.41) is 0. The number of rotatable bonds is 6. The van der Waals surface area contributed by atoms with E-state index in [-0.39, 0.29) is 23.0 Å². The SMILES string of the molecule is CC(=O)Oc1ccc(Cc2ccc(OC(C)=O)c(OC(C)=O)c2)cc1OC(C)=O. The molecule has 0 radical (unpaired) electrons. The van der Waals surface area contributed by atoms with E-state index in [1.54, 1.807) is 24.3 Å². The molecule has 0 saturated carbocycles. The van der Waals surface area contributed by atoms with E-state index in [4.69, 9.17) is 18.9 Å². The van der Waals surface area contributed by atoms with Crippen molar-refractivity contribution in [2.24, 2.45) is 0 Å². The van der Waals surface area contributed by atoms with Crippen molar-refractivity contribution in [3.05, 3.63) is 47.5 Å². The average Bonchev–Trinajstić information content (AvgIpc) is 2.58. The Labute approximate surface area is 167 Å². The third-order valence-electron chi connectivity index (χ3n) is 3.44. The number of benzene rings is 2. The lowest BCUT2D eigenvalue weighted by molar-refractivity contribution is -0.134. The summed E-state index contributed by atoms with van der Waals surface area (Å²) in [5.41, 5.74) is 1.48. The number of carbonyl (C=O) groups excluding carboxylic acids is 4. The van der Waals surface area contributed by atoms with Crippen LogP contribution in [-0.2, 0) is 25.6 Å². The van der Waals surface area contributed by atoms with Crippen LogP contribution >= 0.6 is 0 Å². The summed E-state index contributed by atoms with van der Waals surface area (Å²) in [4.78, 5) is 45.1. The van der Waals surface area contributed by atoms with Crippen molar-refractivity contribution in [1.82, 2.24) is 0 Å². The molecule has 2 rings (SSSR count). The van der Waals surface area contributed by atoms with E-state index < -0.39 is 23.9 Å². The van der Waals surface area contributed by atoms with Gasteiger partial charge in [0.15, 0.2) is 23.0 Å². The smallest absolute Gasteiger partial charge is 0.308 e. The van der Waals surface area contributed by atoms with Gasteiger partial charge in [-0.05, 0) is 41.8 Å². The van der Waals surface area contributed by atoms with Gasteiger partial charge in [0.05, 0.1) is 0 Å². The standard InChI is InChI=1S/C21H20O8/c1-12(22)26-18-7-5-16(10-20(18)28-14(3)24)9-17-6-8-19(27-13(2)23)21(11-17)29-15(4)25/h5-8,10-11H,9H2,1-4H3. The van der Waals surface area contributed by atoms with Crippen molar-refractivity contribution in [3.63, 3.8) is 0 Å². The molecule has 152 valence electrons. The first-order chi connectivity index (χ1) is 13.6. The molecule has 29 heavy (non-hydrogen) atoms. The first-order valence-electron chi connectivity index (χ1n) is 8.63. The summed E-state index contributed by atoms with van der Waals surface area (Å²) >= 11 is 0. The fourth-order valence-electron chi connectivity index (χ4n) is 2.51. The van der Waals surface area contributed by atoms with E-state index in [9.17, 15) is 19.2 Å². The highest BCUT2D eigenvalue weighted by atomic mass is 16.6. The van der Waals surface area contributed by atoms with Gasteiger partial charge in [0, 0.05) is 27.7 Å². The van der Waals surface area contributed by atoms with E-state index in [1.807, 2.05) is 0 Å². The molecular formula is C21H20O8. The molecule has 2 aromatic carbocycles. The molecule has 0 atom stereocenters. The second kappa shape index (κ2) is 9.50. The Morgan fingerprint density at radius 1 is 0.552 bits per heavy atom. The Kier molecular flexibility index (Phi) is 7.08. The fourth-order valence-corrected chi connectivity index (χ4v) is 2.51. The van der Waals surface area contributed by atoms with Gasteiger partial charge in [0.1, 0.15) is 0 Å². The lowest BCUT2D eigenvalue weighted by atomic mass is 10.0. The Morgan fingerprint density at radius 3 is 1.17 bits per heavy atom. The molecule has 0 bridgehead atoms. The summed E-state index contributed by atoms with van der Waals surface area (Å²) in [6.45, 7) is 4.96. The zero-order valence-corrected chi connectivity index (χ0v) is 16.4. The van der Waals surface area contributed by atoms with Gasteiger partial charge < -0.3 is 18.9 Å². The van der Waals surface area contributed by atoms with Crippen LogP contribution in [0.1, 0.15) is 38.8 Å². The van der Waals surface area contributed by atoms with Crippen molar-refractivity contribution < 1.29 is 38.1 Å². The topological polar surface area (TPSA) is 105 Å². The number of ether oxygens (including phenoxy) is 4. The Morgan fingerprint density at radius 2 is 0.862 bits per heavy atom. The highest BCUT2D eigenvalue weighted by molar-refractivity contribution is 5.74. The summed E-state index contributed by atoms with van der Waals surface area (Å²) in [6, 6.07) is 9.61. The largest absolute Gasteiger partial charge is 0.423 e. The second-order valence-electron chi connectivity index (χ2n) is 6.11. The molecule has 0 aliphatic rings. The molecule has 0 heterocycles. The van der Waals surface area contributed by atoms with Crippen LogP contribution in [-0.4, -0.2) is 23.9 Å². The lowest BCUT2D eigenvalue weighted by Gasteiger charge is -2.12. The van der Waals surface area contributed by atoms with Crippen molar-refractivity contribution >= 4 is 23.9 Å². The zero-order chi connectivity index (χ0) is 21.6. The van der Waals surface area contributed by atoms with Crippen LogP contribution in [0.25, 0.3) is 0 Å². The van der Waals surface area contributed by atoms with E-state index in [2.05, 4.69) is 0 Å². The lowest BCUT2D eigenvalue weighted by Crippen LogP contribution is -2.08. The Bertz CT molecular complexity index is 884. The Hall–Kier alpha value is -3.68. The molecule has 0 spiro atoms. The van der Waals surface area contributed by atoms with Crippen LogP contribution in [0.3, 0.4) is 0 Å². The summed E-state index contributed by atoms with van der Waals surface area (Å²) < 4.78 is 20.3. The van der Waals surface area contributed by atoms with Gasteiger partial charge in [-0.1, -0.05) is 12.1 Å². The Balaban J connectivity index is 2.34. The van der Waals surface area contributed by atoms with Crippen molar-refractivity contribution in [2.45, 2.75) is 34.1 Å². The maximum atomic E-state index is 11.3. The van der Waals surface area contributed by atoms with Crippen molar-refractivity contribution in [2.75, 3.05) is 0 Å². The third kappa shape index (κ3) is 6.76. The zero-order valence-electron chi connectivity index (χ0n) is 16.4. The molecule has 0 amide bonds. The highest BCUT2D eigenvalue weighted by Gasteiger charge is 2.14. The van der Waals surface area contributed by atoms with E-state index in [0.29, 0.717) is 6.42 Å². The van der Waals surface area contributed by atoms with Crippen LogP contribution in [0.15, 0.2) is 36.4 Å². The molecular weight excluding hydrogens is 380 g/mol. The van der Waals surface area contributed by atoms with Crippen LogP contribution in [0.2, 0.25) is 0 Å². The molecule has 2 aromatic rings. The second-order valence-corrected chi connectivity index (χ2v) is 6.11. The third-order valence-corrected chi connectivity index (χ3v) is 3.44. The van der Waals surface area contributed by atoms with Gasteiger partial charge in [-0.2, -0.15) is 0 Å². The van der Waals surface area contributed by atoms with Gasteiger partial charge >= 0.3 is 23.9 Å². The maximum absolute atomic E-state index is 11.3. The summed E-state index contributed by atoms with van der Waals surface area (Å²) in [7, 11) is 0. The highest BCUT2D eigenvalue weighted by Crippen LogP contribution is 2.32. The first-order valence-corrected chi connectivity index (χ1v) is 8.63. The van der Waals surface area contributed by atoms with Gasteiger partial charge in [-0.3, -0.25) is 19.2 Å². The molecule has 0 unspecified atom stereocenters. The molecule has 0 aliphatic heterocycles. The van der Waals surface area contributed by atoms with Crippen LogP contribution in [0.4, 0.5) is 0 Å². The molecule has 0 fully saturated rings. The van der Waals surface area contributed by atoms with Crippen LogP contribution < -0.4 is 18.9 Å². The number of hydrogen-bond acceptors (Lipinski definition) is 8. The molecule has 8 heteroatoms. The average molecular weight is 400 g/mol. The first kappa shape index (κ1) is 21.6. The maximum Gasteiger partial charge on any atom is 0.308 e. The summed E-state index contributed by atoms with van der Waals surface area (Å²) in [5.74, 6) is -1.72. The predicted octanol–water partition coefficient (Wildman–Crippen LogP) is 2.98. The monoisotopic (exact) mass is 400 g/mol. The molecule has 0 N–H and O–H groups in total. The van der Waals surface area contributed by atoms with Crippen LogP contribution in [0, 0.1) is 0 Å². The van der Waals surface area contributed by atoms with E-state index >= 15 is 0 Å². The van der Waals surface area contributed by atoms with Crippen molar-refractivity contribution in [1.29, 1.82) is 0 Å². The minimum atomic E-state index is -0.557.